The van der Waals surface area contributed by atoms with E-state index in [-0.39, 0.29) is 10.9 Å². The summed E-state index contributed by atoms with van der Waals surface area (Å²) in [5, 5.41) is 13.5. The summed E-state index contributed by atoms with van der Waals surface area (Å²) < 4.78 is 37.9. The summed E-state index contributed by atoms with van der Waals surface area (Å²) in [5.74, 6) is -0.401. The summed E-state index contributed by atoms with van der Waals surface area (Å²) in [6, 6.07) is 23.8. The molecule has 3 aromatic carbocycles. The van der Waals surface area contributed by atoms with Crippen LogP contribution in [0.2, 0.25) is 0 Å². The molecule has 7 heteroatoms. The molecule has 1 fully saturated rings. The minimum absolute atomic E-state index is 0.159. The summed E-state index contributed by atoms with van der Waals surface area (Å²) >= 11 is 0. The smallest absolute Gasteiger partial charge is 0.175 e. The van der Waals surface area contributed by atoms with Crippen LogP contribution >= 0.6 is 0 Å². The average molecular weight is 478 g/mol. The Morgan fingerprint density at radius 3 is 2.44 bits per heavy atom. The van der Waals surface area contributed by atoms with Crippen molar-refractivity contribution in [2.75, 3.05) is 18.1 Å². The lowest BCUT2D eigenvalue weighted by Crippen LogP contribution is -2.52. The topological polar surface area (TPSA) is 73.2 Å². The van der Waals surface area contributed by atoms with E-state index in [1.807, 2.05) is 18.2 Å². The van der Waals surface area contributed by atoms with Crippen LogP contribution in [-0.4, -0.2) is 37.7 Å². The zero-order valence-electron chi connectivity index (χ0n) is 19.3. The van der Waals surface area contributed by atoms with Gasteiger partial charge in [0.05, 0.1) is 11.0 Å². The third-order valence-corrected chi connectivity index (χ3v) is 7.61. The zero-order chi connectivity index (χ0) is 24.3. The fourth-order valence-electron chi connectivity index (χ4n) is 4.60. The van der Waals surface area contributed by atoms with Crippen LogP contribution in [-0.2, 0) is 16.4 Å². The largest absolute Gasteiger partial charge is 0.367 e. The molecule has 0 aliphatic carbocycles. The van der Waals surface area contributed by atoms with Gasteiger partial charge in [0.25, 0.3) is 0 Å². The van der Waals surface area contributed by atoms with E-state index in [0.717, 1.165) is 30.5 Å². The van der Waals surface area contributed by atoms with Gasteiger partial charge in [0, 0.05) is 36.6 Å². The van der Waals surface area contributed by atoms with Crippen molar-refractivity contribution in [3.8, 4) is 17.2 Å². The number of halogens is 1. The normalized spacial score (nSPS) is 21.1. The number of sulfone groups is 1. The highest BCUT2D eigenvalue weighted by Crippen LogP contribution is 2.36. The van der Waals surface area contributed by atoms with Crippen LogP contribution in [0.15, 0.2) is 77.7 Å². The summed E-state index contributed by atoms with van der Waals surface area (Å²) in [4.78, 5) is 2.59. The molecule has 0 radical (unpaired) electrons. The molecular formula is C27H28FN3O2S. The van der Waals surface area contributed by atoms with Crippen LogP contribution in [0.3, 0.4) is 0 Å². The maximum Gasteiger partial charge on any atom is 0.175 e. The Labute approximate surface area is 200 Å². The van der Waals surface area contributed by atoms with Crippen molar-refractivity contribution in [3.63, 3.8) is 0 Å². The predicted molar refractivity (Wildman–Crippen MR) is 132 cm³/mol. The van der Waals surface area contributed by atoms with Gasteiger partial charge in [-0.1, -0.05) is 42.5 Å². The Morgan fingerprint density at radius 1 is 1.12 bits per heavy atom. The third-order valence-electron chi connectivity index (χ3n) is 6.48. The molecule has 176 valence electrons. The minimum atomic E-state index is -3.31. The zero-order valence-corrected chi connectivity index (χ0v) is 20.1. The quantitative estimate of drug-likeness (QED) is 0.525. The third kappa shape index (κ3) is 5.30. The van der Waals surface area contributed by atoms with Crippen molar-refractivity contribution >= 4 is 15.5 Å². The van der Waals surface area contributed by atoms with Gasteiger partial charge in [0.1, 0.15) is 11.4 Å². The summed E-state index contributed by atoms with van der Waals surface area (Å²) in [6.07, 6.45) is 2.36. The first-order chi connectivity index (χ1) is 16.2. The molecule has 3 aromatic rings. The second-order valence-electron chi connectivity index (χ2n) is 9.06. The number of benzene rings is 3. The van der Waals surface area contributed by atoms with Gasteiger partial charge in [0.15, 0.2) is 9.84 Å². The van der Waals surface area contributed by atoms with E-state index in [9.17, 15) is 18.1 Å². The minimum Gasteiger partial charge on any atom is -0.367 e. The lowest BCUT2D eigenvalue weighted by molar-refractivity contribution is 0.126. The molecule has 0 aromatic heterocycles. The Kier molecular flexibility index (Phi) is 6.74. The first-order valence-corrected chi connectivity index (χ1v) is 13.2. The van der Waals surface area contributed by atoms with Crippen molar-refractivity contribution in [1.29, 1.82) is 5.26 Å². The number of piperidine rings is 1. The fraction of sp³-hybridized carbons (Fsp3) is 0.296. The van der Waals surface area contributed by atoms with E-state index in [4.69, 9.17) is 0 Å². The van der Waals surface area contributed by atoms with Gasteiger partial charge in [-0.05, 0) is 61.2 Å². The highest BCUT2D eigenvalue weighted by Gasteiger charge is 2.39. The van der Waals surface area contributed by atoms with Gasteiger partial charge in [-0.25, -0.2) is 12.8 Å². The Bertz CT molecular complexity index is 1300. The number of hydrogen-bond acceptors (Lipinski definition) is 5. The van der Waals surface area contributed by atoms with E-state index < -0.39 is 21.2 Å². The number of anilines is 1. The summed E-state index contributed by atoms with van der Waals surface area (Å²) in [5.41, 5.74) is 2.39. The number of nitrogens with one attached hydrogen (secondary N) is 1. The molecule has 2 atom stereocenters. The molecule has 1 saturated heterocycles. The first kappa shape index (κ1) is 23.9. The van der Waals surface area contributed by atoms with Gasteiger partial charge < -0.3 is 5.32 Å². The van der Waals surface area contributed by atoms with Crippen molar-refractivity contribution in [1.82, 2.24) is 4.90 Å². The van der Waals surface area contributed by atoms with Gasteiger partial charge >= 0.3 is 0 Å². The molecule has 1 aliphatic rings. The molecule has 4 rings (SSSR count). The highest BCUT2D eigenvalue weighted by atomic mass is 32.2. The Morgan fingerprint density at radius 2 is 1.82 bits per heavy atom. The van der Waals surface area contributed by atoms with E-state index >= 15 is 0 Å². The second-order valence-corrected chi connectivity index (χ2v) is 11.1. The first-order valence-electron chi connectivity index (χ1n) is 11.3. The van der Waals surface area contributed by atoms with Gasteiger partial charge in [0.2, 0.25) is 0 Å². The molecule has 1 aliphatic heterocycles. The monoisotopic (exact) mass is 477 g/mol. The lowest BCUT2D eigenvalue weighted by atomic mass is 9.84. The Balaban J connectivity index is 1.58. The van der Waals surface area contributed by atoms with Crippen molar-refractivity contribution in [2.45, 2.75) is 42.8 Å². The number of nitrogens with zero attached hydrogens (tertiary/aromatic N) is 2. The van der Waals surface area contributed by atoms with Crippen molar-refractivity contribution < 1.29 is 12.8 Å². The lowest BCUT2D eigenvalue weighted by Gasteiger charge is -2.43. The van der Waals surface area contributed by atoms with Crippen LogP contribution in [0, 0.1) is 17.1 Å². The van der Waals surface area contributed by atoms with Crippen molar-refractivity contribution in [2.24, 2.45) is 0 Å². The number of hydrogen-bond donors (Lipinski definition) is 1. The van der Waals surface area contributed by atoms with Crippen LogP contribution in [0.5, 0.6) is 0 Å². The molecule has 0 bridgehead atoms. The molecule has 0 amide bonds. The Hall–Kier alpha value is -3.21. The summed E-state index contributed by atoms with van der Waals surface area (Å²) in [6.45, 7) is 3.68. The number of likely N-dealkylation sites (tertiary alicyclic amines) is 1. The van der Waals surface area contributed by atoms with Gasteiger partial charge in [-0.2, -0.15) is 5.26 Å². The predicted octanol–water partition coefficient (Wildman–Crippen LogP) is 5.25. The van der Waals surface area contributed by atoms with Crippen LogP contribution in [0.1, 0.15) is 25.3 Å². The molecule has 1 heterocycles. The molecule has 0 saturated carbocycles. The second kappa shape index (κ2) is 9.57. The van der Waals surface area contributed by atoms with Crippen LogP contribution < -0.4 is 5.32 Å². The van der Waals surface area contributed by atoms with E-state index in [1.54, 1.807) is 30.3 Å². The van der Waals surface area contributed by atoms with Gasteiger partial charge in [-0.3, -0.25) is 4.90 Å². The maximum absolute atomic E-state index is 14.2. The van der Waals surface area contributed by atoms with Gasteiger partial charge in [-0.15, -0.1) is 0 Å². The number of nitriles is 1. The molecular weight excluding hydrogens is 449 g/mol. The molecule has 1 N–H and O–H groups in total. The summed E-state index contributed by atoms with van der Waals surface area (Å²) in [7, 11) is -3.31. The van der Waals surface area contributed by atoms with Crippen molar-refractivity contribution in [3.05, 3.63) is 84.2 Å². The van der Waals surface area contributed by atoms with E-state index in [2.05, 4.69) is 35.3 Å². The molecule has 34 heavy (non-hydrogen) atoms. The van der Waals surface area contributed by atoms with E-state index in [1.165, 1.54) is 17.7 Å². The highest BCUT2D eigenvalue weighted by molar-refractivity contribution is 7.90. The number of rotatable bonds is 6. The molecule has 0 spiro atoms. The fourth-order valence-corrected chi connectivity index (χ4v) is 5.23. The SMILES string of the molecule is CC1CC(C#N)(Nc2cc(F)ccc2-c2ccc(S(C)(=O)=O)cc2)CCN1Cc1ccccc1. The average Bonchev–Trinajstić information content (AvgIpc) is 2.81. The standard InChI is InChI=1S/C27H28FN3O2S/c1-20-17-27(19-29,14-15-31(20)18-21-6-4-3-5-7-21)30-26-16-23(28)10-13-25(26)22-8-11-24(12-9-22)34(2,32)33/h3-13,16,20,30H,14-15,17-18H2,1-2H3. The molecule has 2 unspecified atom stereocenters. The van der Waals surface area contributed by atoms with E-state index in [0.29, 0.717) is 18.5 Å². The van der Waals surface area contributed by atoms with Crippen LogP contribution in [0.4, 0.5) is 10.1 Å². The van der Waals surface area contributed by atoms with Crippen LogP contribution in [0.25, 0.3) is 11.1 Å². The maximum atomic E-state index is 14.2. The molecule has 5 nitrogen and oxygen atoms in total.